The van der Waals surface area contributed by atoms with Crippen molar-refractivity contribution >= 4 is 29.0 Å². The first-order valence-corrected chi connectivity index (χ1v) is 7.67. The van der Waals surface area contributed by atoms with Gasteiger partial charge in [0.2, 0.25) is 11.9 Å². The van der Waals surface area contributed by atoms with Gasteiger partial charge in [-0.25, -0.2) is 0 Å². The van der Waals surface area contributed by atoms with E-state index in [9.17, 15) is 4.79 Å². The second kappa shape index (κ2) is 7.82. The number of carbonyl (C=O) groups is 1. The zero-order valence-electron chi connectivity index (χ0n) is 13.6. The fraction of sp³-hybridized carbons (Fsp3) is 0.118. The van der Waals surface area contributed by atoms with E-state index < -0.39 is 0 Å². The Bertz CT molecular complexity index is 854. The van der Waals surface area contributed by atoms with Crippen molar-refractivity contribution in [3.8, 4) is 0 Å². The highest BCUT2D eigenvalue weighted by atomic mass is 16.1. The van der Waals surface area contributed by atoms with E-state index in [1.54, 1.807) is 24.5 Å². The zero-order valence-corrected chi connectivity index (χ0v) is 13.6. The number of hydrogen-bond donors (Lipinski definition) is 3. The number of carbonyl (C=O) groups excluding carboxylic acids is 1. The van der Waals surface area contributed by atoms with E-state index in [1.807, 2.05) is 30.3 Å². The molecule has 0 aliphatic heterocycles. The number of benzene rings is 1. The summed E-state index contributed by atoms with van der Waals surface area (Å²) < 4.78 is 0. The molecule has 0 atom stereocenters. The van der Waals surface area contributed by atoms with Crippen LogP contribution in [0.1, 0.15) is 12.6 Å². The number of hydrogen-bond acceptors (Lipinski definition) is 7. The molecule has 126 valence electrons. The molecule has 3 rings (SSSR count). The van der Waals surface area contributed by atoms with Crippen LogP contribution in [0, 0.1) is 0 Å². The van der Waals surface area contributed by atoms with Crippen molar-refractivity contribution in [2.75, 3.05) is 16.0 Å². The Kier molecular flexibility index (Phi) is 5.10. The normalized spacial score (nSPS) is 10.1. The molecule has 0 bridgehead atoms. The molecule has 0 saturated heterocycles. The van der Waals surface area contributed by atoms with Gasteiger partial charge in [-0.15, -0.1) is 5.10 Å². The van der Waals surface area contributed by atoms with Crippen LogP contribution >= 0.6 is 0 Å². The smallest absolute Gasteiger partial charge is 0.249 e. The van der Waals surface area contributed by atoms with Crippen LogP contribution in [-0.4, -0.2) is 26.1 Å². The summed E-state index contributed by atoms with van der Waals surface area (Å²) >= 11 is 0. The van der Waals surface area contributed by atoms with Crippen molar-refractivity contribution in [2.24, 2.45) is 0 Å². The third kappa shape index (κ3) is 4.96. The first-order chi connectivity index (χ1) is 12.2. The van der Waals surface area contributed by atoms with Gasteiger partial charge in [-0.05, 0) is 30.3 Å². The van der Waals surface area contributed by atoms with Gasteiger partial charge in [-0.2, -0.15) is 10.1 Å². The second-order valence-electron chi connectivity index (χ2n) is 5.23. The lowest BCUT2D eigenvalue weighted by Crippen LogP contribution is -2.07. The molecule has 0 aliphatic carbocycles. The summed E-state index contributed by atoms with van der Waals surface area (Å²) in [5, 5.41) is 16.8. The average molecular weight is 335 g/mol. The molecule has 8 nitrogen and oxygen atoms in total. The predicted octanol–water partition coefficient (Wildman–Crippen LogP) is 2.58. The molecule has 25 heavy (non-hydrogen) atoms. The minimum atomic E-state index is -0.129. The molecule has 0 spiro atoms. The topological polar surface area (TPSA) is 105 Å². The number of nitrogens with zero attached hydrogens (tertiary/aromatic N) is 4. The molecule has 1 aromatic carbocycles. The first kappa shape index (κ1) is 16.3. The molecule has 0 radical (unpaired) electrons. The molecular formula is C17H17N7O. The van der Waals surface area contributed by atoms with Gasteiger partial charge in [0.25, 0.3) is 0 Å². The Morgan fingerprint density at radius 1 is 1.12 bits per heavy atom. The largest absolute Gasteiger partial charge is 0.363 e. The summed E-state index contributed by atoms with van der Waals surface area (Å²) in [6.07, 6.45) is 3.28. The fourth-order valence-electron chi connectivity index (χ4n) is 2.13. The number of rotatable bonds is 6. The Hall–Kier alpha value is -3.55. The van der Waals surface area contributed by atoms with Crippen LogP contribution in [0.2, 0.25) is 0 Å². The minimum Gasteiger partial charge on any atom is -0.363 e. The molecule has 0 unspecified atom stereocenters. The van der Waals surface area contributed by atoms with Crippen LogP contribution in [0.25, 0.3) is 0 Å². The highest BCUT2D eigenvalue weighted by Gasteiger charge is 2.03. The predicted molar refractivity (Wildman–Crippen MR) is 95.4 cm³/mol. The lowest BCUT2D eigenvalue weighted by Gasteiger charge is -2.09. The van der Waals surface area contributed by atoms with Crippen molar-refractivity contribution in [3.63, 3.8) is 0 Å². The molecule has 3 aromatic rings. The molecule has 0 aliphatic rings. The van der Waals surface area contributed by atoms with E-state index in [0.717, 1.165) is 11.4 Å². The van der Waals surface area contributed by atoms with Gasteiger partial charge in [0.1, 0.15) is 0 Å². The lowest BCUT2D eigenvalue weighted by molar-refractivity contribution is -0.114. The SMILES string of the molecule is CC(=O)Nc1cccc(Nc2nncc(NCc3ccccn3)n2)c1. The third-order valence-electron chi connectivity index (χ3n) is 3.17. The van der Waals surface area contributed by atoms with Crippen LogP contribution in [0.4, 0.5) is 23.1 Å². The summed E-state index contributed by atoms with van der Waals surface area (Å²) in [6.45, 7) is 2.00. The molecule has 1 amide bonds. The Morgan fingerprint density at radius 3 is 2.80 bits per heavy atom. The van der Waals surface area contributed by atoms with Crippen LogP contribution in [-0.2, 0) is 11.3 Å². The minimum absolute atomic E-state index is 0.129. The highest BCUT2D eigenvalue weighted by Crippen LogP contribution is 2.18. The summed E-state index contributed by atoms with van der Waals surface area (Å²) in [6, 6.07) is 13.0. The highest BCUT2D eigenvalue weighted by molar-refractivity contribution is 5.89. The van der Waals surface area contributed by atoms with Gasteiger partial charge in [0.15, 0.2) is 5.82 Å². The van der Waals surface area contributed by atoms with Crippen LogP contribution in [0.15, 0.2) is 54.9 Å². The number of pyridine rings is 1. The molecular weight excluding hydrogens is 318 g/mol. The third-order valence-corrected chi connectivity index (χ3v) is 3.17. The van der Waals surface area contributed by atoms with E-state index in [0.29, 0.717) is 24.0 Å². The van der Waals surface area contributed by atoms with Crippen molar-refractivity contribution in [1.82, 2.24) is 20.2 Å². The lowest BCUT2D eigenvalue weighted by atomic mass is 10.3. The van der Waals surface area contributed by atoms with E-state index in [4.69, 9.17) is 0 Å². The summed E-state index contributed by atoms with van der Waals surface area (Å²) in [5.41, 5.74) is 2.34. The first-order valence-electron chi connectivity index (χ1n) is 7.67. The van der Waals surface area contributed by atoms with E-state index >= 15 is 0 Å². The summed E-state index contributed by atoms with van der Waals surface area (Å²) in [5.74, 6) is 0.808. The maximum Gasteiger partial charge on any atom is 0.249 e. The van der Waals surface area contributed by atoms with Crippen LogP contribution in [0.5, 0.6) is 0 Å². The Labute approximate surface area is 144 Å². The standard InChI is InChI=1S/C17H17N7O/c1-12(25)21-13-6-4-7-14(9-13)22-17-23-16(11-20-24-17)19-10-15-5-2-3-8-18-15/h2-9,11H,10H2,1H3,(H,21,25)(H2,19,22,23,24). The number of nitrogens with one attached hydrogen (secondary N) is 3. The molecule has 0 fully saturated rings. The van der Waals surface area contributed by atoms with E-state index in [2.05, 4.69) is 36.1 Å². The van der Waals surface area contributed by atoms with Gasteiger partial charge in [-0.3, -0.25) is 9.78 Å². The quantitative estimate of drug-likeness (QED) is 0.636. The van der Waals surface area contributed by atoms with Gasteiger partial charge < -0.3 is 16.0 Å². The molecule has 2 aromatic heterocycles. The van der Waals surface area contributed by atoms with Crippen molar-refractivity contribution < 1.29 is 4.79 Å². The zero-order chi connectivity index (χ0) is 17.5. The maximum absolute atomic E-state index is 11.1. The Balaban J connectivity index is 1.66. The summed E-state index contributed by atoms with van der Waals surface area (Å²) in [7, 11) is 0. The van der Waals surface area contributed by atoms with Crippen LogP contribution in [0.3, 0.4) is 0 Å². The molecule has 0 saturated carbocycles. The second-order valence-corrected chi connectivity index (χ2v) is 5.23. The molecule has 8 heteroatoms. The van der Waals surface area contributed by atoms with Crippen molar-refractivity contribution in [3.05, 3.63) is 60.6 Å². The van der Waals surface area contributed by atoms with Crippen LogP contribution < -0.4 is 16.0 Å². The van der Waals surface area contributed by atoms with E-state index in [1.165, 1.54) is 6.92 Å². The maximum atomic E-state index is 11.1. The van der Waals surface area contributed by atoms with Gasteiger partial charge >= 0.3 is 0 Å². The number of anilines is 4. The van der Waals surface area contributed by atoms with Crippen molar-refractivity contribution in [2.45, 2.75) is 13.5 Å². The monoisotopic (exact) mass is 335 g/mol. The fourth-order valence-corrected chi connectivity index (χ4v) is 2.13. The van der Waals surface area contributed by atoms with Crippen molar-refractivity contribution in [1.29, 1.82) is 0 Å². The van der Waals surface area contributed by atoms with Gasteiger partial charge in [0.05, 0.1) is 18.4 Å². The van der Waals surface area contributed by atoms with Gasteiger partial charge in [0, 0.05) is 24.5 Å². The Morgan fingerprint density at radius 2 is 2.00 bits per heavy atom. The van der Waals surface area contributed by atoms with Gasteiger partial charge in [-0.1, -0.05) is 12.1 Å². The number of aromatic nitrogens is 4. The number of amides is 1. The molecule has 3 N–H and O–H groups in total. The molecule has 2 heterocycles. The van der Waals surface area contributed by atoms with E-state index in [-0.39, 0.29) is 5.91 Å². The summed E-state index contributed by atoms with van der Waals surface area (Å²) in [4.78, 5) is 19.7. The average Bonchev–Trinajstić information content (AvgIpc) is 2.61.